The Balaban J connectivity index is 2.12. The number of hydrogen-bond donors (Lipinski definition) is 3. The van der Waals surface area contributed by atoms with E-state index in [1.165, 1.54) is 0 Å². The first-order valence-electron chi connectivity index (χ1n) is 6.17. The van der Waals surface area contributed by atoms with E-state index in [-0.39, 0.29) is 12.1 Å². The van der Waals surface area contributed by atoms with Gasteiger partial charge in [0.05, 0.1) is 18.8 Å². The summed E-state index contributed by atoms with van der Waals surface area (Å²) in [6, 6.07) is 0.299. The number of aliphatic hydroxyl groups is 1. The summed E-state index contributed by atoms with van der Waals surface area (Å²) in [7, 11) is 1.74. The van der Waals surface area contributed by atoms with Crippen molar-refractivity contribution in [2.45, 2.75) is 31.7 Å². The quantitative estimate of drug-likeness (QED) is 0.656. The van der Waals surface area contributed by atoms with Gasteiger partial charge in [-0.1, -0.05) is 6.92 Å². The fourth-order valence-corrected chi connectivity index (χ4v) is 1.49. The summed E-state index contributed by atoms with van der Waals surface area (Å²) in [6.45, 7) is 2.67. The Hall–Kier alpha value is -1.63. The summed E-state index contributed by atoms with van der Waals surface area (Å²) in [5, 5.41) is 15.3. The Morgan fingerprint density at radius 1 is 1.28 bits per heavy atom. The van der Waals surface area contributed by atoms with Crippen LogP contribution in [0.5, 0.6) is 6.01 Å². The van der Waals surface area contributed by atoms with Crippen molar-refractivity contribution >= 4 is 11.9 Å². The molecule has 0 radical (unpaired) electrons. The molecule has 1 aliphatic rings. The van der Waals surface area contributed by atoms with Gasteiger partial charge in [0.15, 0.2) is 0 Å². The van der Waals surface area contributed by atoms with E-state index in [1.807, 2.05) is 6.92 Å². The Bertz CT molecular complexity index is 408. The maximum Gasteiger partial charge on any atom is 0.323 e. The molecule has 1 aliphatic carbocycles. The van der Waals surface area contributed by atoms with Crippen molar-refractivity contribution in [1.82, 2.24) is 15.0 Å². The molecule has 1 fully saturated rings. The van der Waals surface area contributed by atoms with Crippen molar-refractivity contribution in [2.24, 2.45) is 0 Å². The van der Waals surface area contributed by atoms with Gasteiger partial charge in [-0.3, -0.25) is 0 Å². The van der Waals surface area contributed by atoms with Crippen LogP contribution in [0.3, 0.4) is 0 Å². The van der Waals surface area contributed by atoms with Crippen LogP contribution in [-0.4, -0.2) is 45.9 Å². The van der Waals surface area contributed by atoms with Crippen molar-refractivity contribution < 1.29 is 9.84 Å². The highest BCUT2D eigenvalue weighted by atomic mass is 16.5. The summed E-state index contributed by atoms with van der Waals surface area (Å²) in [6.07, 6.45) is 2.74. The maximum atomic E-state index is 9.27. The average Bonchev–Trinajstić information content (AvgIpc) is 3.16. The van der Waals surface area contributed by atoms with E-state index < -0.39 is 0 Å². The van der Waals surface area contributed by atoms with E-state index in [2.05, 4.69) is 25.6 Å². The minimum Gasteiger partial charge on any atom is -0.463 e. The molecule has 0 bridgehead atoms. The Labute approximate surface area is 106 Å². The third-order valence-electron chi connectivity index (χ3n) is 2.81. The SMILES string of the molecule is CCCOc1nc(NC)nc(NC2(CO)CC2)n1. The lowest BCUT2D eigenvalue weighted by Crippen LogP contribution is -2.27. The minimum atomic E-state index is -0.256. The first-order chi connectivity index (χ1) is 8.71. The molecule has 1 aromatic rings. The number of anilines is 2. The van der Waals surface area contributed by atoms with E-state index in [0.29, 0.717) is 24.5 Å². The molecule has 1 heterocycles. The first-order valence-corrected chi connectivity index (χ1v) is 6.17. The predicted molar refractivity (Wildman–Crippen MR) is 67.8 cm³/mol. The molecule has 100 valence electrons. The minimum absolute atomic E-state index is 0.0821. The van der Waals surface area contributed by atoms with Gasteiger partial charge in [0, 0.05) is 7.05 Å². The molecule has 1 aromatic heterocycles. The standard InChI is InChI=1S/C11H19N5O2/c1-3-6-18-10-14-8(12-2)13-9(15-10)16-11(7-17)4-5-11/h17H,3-7H2,1-2H3,(H2,12,13,14,15,16). The second-order valence-corrected chi connectivity index (χ2v) is 4.43. The van der Waals surface area contributed by atoms with Gasteiger partial charge < -0.3 is 20.5 Å². The van der Waals surface area contributed by atoms with E-state index >= 15 is 0 Å². The number of aromatic nitrogens is 3. The van der Waals surface area contributed by atoms with Crippen molar-refractivity contribution in [3.63, 3.8) is 0 Å². The van der Waals surface area contributed by atoms with Crippen LogP contribution in [0.4, 0.5) is 11.9 Å². The highest BCUT2D eigenvalue weighted by molar-refractivity contribution is 5.39. The molecular weight excluding hydrogens is 234 g/mol. The summed E-state index contributed by atoms with van der Waals surface area (Å²) in [4.78, 5) is 12.5. The molecule has 0 aliphatic heterocycles. The lowest BCUT2D eigenvalue weighted by molar-refractivity contribution is 0.265. The van der Waals surface area contributed by atoms with Crippen LogP contribution < -0.4 is 15.4 Å². The molecule has 2 rings (SSSR count). The molecule has 7 heteroatoms. The van der Waals surface area contributed by atoms with Crippen molar-refractivity contribution in [3.8, 4) is 6.01 Å². The number of nitrogens with zero attached hydrogens (tertiary/aromatic N) is 3. The second-order valence-electron chi connectivity index (χ2n) is 4.43. The van der Waals surface area contributed by atoms with Gasteiger partial charge >= 0.3 is 6.01 Å². The van der Waals surface area contributed by atoms with Crippen molar-refractivity contribution in [3.05, 3.63) is 0 Å². The van der Waals surface area contributed by atoms with Crippen molar-refractivity contribution in [1.29, 1.82) is 0 Å². The van der Waals surface area contributed by atoms with Gasteiger partial charge in [-0.2, -0.15) is 15.0 Å². The second kappa shape index (κ2) is 5.34. The van der Waals surface area contributed by atoms with Crippen LogP contribution in [-0.2, 0) is 0 Å². The summed E-state index contributed by atoms with van der Waals surface area (Å²) in [5.74, 6) is 0.888. The molecule has 0 atom stereocenters. The number of hydrogen-bond acceptors (Lipinski definition) is 7. The van der Waals surface area contributed by atoms with Gasteiger partial charge in [-0.15, -0.1) is 0 Å². The predicted octanol–water partition coefficient (Wildman–Crippen LogP) is 0.639. The maximum absolute atomic E-state index is 9.27. The number of nitrogens with one attached hydrogen (secondary N) is 2. The summed E-state index contributed by atoms with van der Waals surface area (Å²) >= 11 is 0. The highest BCUT2D eigenvalue weighted by Gasteiger charge is 2.42. The van der Waals surface area contributed by atoms with E-state index in [0.717, 1.165) is 19.3 Å². The molecule has 7 nitrogen and oxygen atoms in total. The molecule has 3 N–H and O–H groups in total. The fraction of sp³-hybridized carbons (Fsp3) is 0.727. The fourth-order valence-electron chi connectivity index (χ4n) is 1.49. The van der Waals surface area contributed by atoms with Crippen molar-refractivity contribution in [2.75, 3.05) is 30.9 Å². The first kappa shape index (κ1) is 12.8. The van der Waals surface area contributed by atoms with E-state index in [4.69, 9.17) is 4.74 Å². The topological polar surface area (TPSA) is 92.2 Å². The van der Waals surface area contributed by atoms with E-state index in [9.17, 15) is 5.11 Å². The molecule has 1 saturated carbocycles. The van der Waals surface area contributed by atoms with Gasteiger partial charge in [0.2, 0.25) is 11.9 Å². The van der Waals surface area contributed by atoms with Crippen LogP contribution in [0.25, 0.3) is 0 Å². The van der Waals surface area contributed by atoms with E-state index in [1.54, 1.807) is 7.05 Å². The Kier molecular flexibility index (Phi) is 3.81. The molecule has 0 saturated heterocycles. The van der Waals surface area contributed by atoms with Gasteiger partial charge in [0.1, 0.15) is 0 Å². The molecule has 18 heavy (non-hydrogen) atoms. The Morgan fingerprint density at radius 2 is 2.00 bits per heavy atom. The summed E-state index contributed by atoms with van der Waals surface area (Å²) < 4.78 is 5.40. The van der Waals surface area contributed by atoms with Crippen LogP contribution in [0.2, 0.25) is 0 Å². The lowest BCUT2D eigenvalue weighted by Gasteiger charge is -2.15. The molecule has 0 spiro atoms. The zero-order valence-corrected chi connectivity index (χ0v) is 10.7. The largest absolute Gasteiger partial charge is 0.463 e. The number of rotatable bonds is 7. The van der Waals surface area contributed by atoms with Crippen LogP contribution in [0.1, 0.15) is 26.2 Å². The third-order valence-corrected chi connectivity index (χ3v) is 2.81. The Morgan fingerprint density at radius 3 is 2.56 bits per heavy atom. The molecule has 0 unspecified atom stereocenters. The monoisotopic (exact) mass is 253 g/mol. The lowest BCUT2D eigenvalue weighted by atomic mass is 10.3. The molecule has 0 aromatic carbocycles. The third kappa shape index (κ3) is 2.98. The summed E-state index contributed by atoms with van der Waals surface area (Å²) in [5.41, 5.74) is -0.256. The average molecular weight is 253 g/mol. The highest BCUT2D eigenvalue weighted by Crippen LogP contribution is 2.37. The zero-order valence-electron chi connectivity index (χ0n) is 10.7. The zero-order chi connectivity index (χ0) is 13.0. The van der Waals surface area contributed by atoms with Crippen LogP contribution in [0, 0.1) is 0 Å². The number of aliphatic hydroxyl groups excluding tert-OH is 1. The van der Waals surface area contributed by atoms with Gasteiger partial charge in [-0.05, 0) is 19.3 Å². The smallest absolute Gasteiger partial charge is 0.323 e. The van der Waals surface area contributed by atoms with Crippen LogP contribution in [0.15, 0.2) is 0 Å². The normalized spacial score (nSPS) is 16.2. The number of ether oxygens (including phenoxy) is 1. The molecular formula is C11H19N5O2. The van der Waals surface area contributed by atoms with Crippen LogP contribution >= 0.6 is 0 Å². The van der Waals surface area contributed by atoms with Gasteiger partial charge in [-0.25, -0.2) is 0 Å². The molecule has 0 amide bonds. The van der Waals surface area contributed by atoms with Gasteiger partial charge in [0.25, 0.3) is 0 Å².